The Kier molecular flexibility index (Phi) is 4.06. The van der Waals surface area contributed by atoms with Crippen LogP contribution in [0.5, 0.6) is 5.75 Å². The highest BCUT2D eigenvalue weighted by Crippen LogP contribution is 2.24. The summed E-state index contributed by atoms with van der Waals surface area (Å²) in [5.41, 5.74) is 7.51. The van der Waals surface area contributed by atoms with Crippen molar-refractivity contribution in [2.45, 2.75) is 19.1 Å². The van der Waals surface area contributed by atoms with Gasteiger partial charge in [-0.2, -0.15) is 0 Å². The Hall–Kier alpha value is -2.40. The van der Waals surface area contributed by atoms with E-state index in [4.69, 9.17) is 10.5 Å². The predicted octanol–water partition coefficient (Wildman–Crippen LogP) is 2.47. The van der Waals surface area contributed by atoms with Gasteiger partial charge in [0.05, 0.1) is 0 Å². The van der Waals surface area contributed by atoms with E-state index in [1.54, 1.807) is 17.0 Å². The molecular formula is C17H17FN2O2. The number of nitrogens with two attached hydrogens (primary N) is 1. The van der Waals surface area contributed by atoms with Crippen molar-refractivity contribution in [1.82, 2.24) is 0 Å². The molecule has 1 unspecified atom stereocenters. The summed E-state index contributed by atoms with van der Waals surface area (Å²) in [5, 5.41) is 0. The van der Waals surface area contributed by atoms with E-state index in [2.05, 4.69) is 0 Å². The Bertz CT molecular complexity index is 655. The highest BCUT2D eigenvalue weighted by molar-refractivity contribution is 5.96. The minimum Gasteiger partial charge on any atom is -0.489 e. The van der Waals surface area contributed by atoms with Crippen LogP contribution in [0, 0.1) is 5.82 Å². The van der Waals surface area contributed by atoms with Gasteiger partial charge < -0.3 is 15.4 Å². The van der Waals surface area contributed by atoms with Crippen molar-refractivity contribution >= 4 is 11.6 Å². The van der Waals surface area contributed by atoms with Crippen molar-refractivity contribution in [3.63, 3.8) is 0 Å². The summed E-state index contributed by atoms with van der Waals surface area (Å²) in [6, 6.07) is 13.4. The number of hydrogen-bond donors (Lipinski definition) is 1. The van der Waals surface area contributed by atoms with Gasteiger partial charge in [0.25, 0.3) is 0 Å². The van der Waals surface area contributed by atoms with Gasteiger partial charge in [0.2, 0.25) is 5.91 Å². The van der Waals surface area contributed by atoms with Crippen LogP contribution in [0.25, 0.3) is 0 Å². The molecule has 0 aromatic heterocycles. The summed E-state index contributed by atoms with van der Waals surface area (Å²) in [4.78, 5) is 13.5. The van der Waals surface area contributed by atoms with E-state index >= 15 is 0 Å². The van der Waals surface area contributed by atoms with Crippen molar-refractivity contribution in [3.8, 4) is 5.75 Å². The lowest BCUT2D eigenvalue weighted by Crippen LogP contribution is -2.27. The van der Waals surface area contributed by atoms with E-state index in [0.29, 0.717) is 25.3 Å². The number of carbonyl (C=O) groups is 1. The Morgan fingerprint density at radius 2 is 1.82 bits per heavy atom. The number of halogens is 1. The Labute approximate surface area is 128 Å². The van der Waals surface area contributed by atoms with E-state index < -0.39 is 0 Å². The van der Waals surface area contributed by atoms with Crippen LogP contribution in [-0.4, -0.2) is 18.5 Å². The van der Waals surface area contributed by atoms with E-state index in [1.807, 2.05) is 24.3 Å². The van der Waals surface area contributed by atoms with Gasteiger partial charge in [-0.15, -0.1) is 0 Å². The molecule has 5 heteroatoms. The van der Waals surface area contributed by atoms with E-state index in [1.165, 1.54) is 12.1 Å². The van der Waals surface area contributed by atoms with Gasteiger partial charge in [-0.1, -0.05) is 12.1 Å². The van der Waals surface area contributed by atoms with E-state index in [0.717, 1.165) is 11.3 Å². The average Bonchev–Trinajstić information content (AvgIpc) is 2.86. The highest BCUT2D eigenvalue weighted by atomic mass is 19.1. The van der Waals surface area contributed by atoms with Crippen LogP contribution in [-0.2, 0) is 11.4 Å². The average molecular weight is 300 g/mol. The SMILES string of the molecule is NC1CC(=O)N(c2ccc(OCc3ccc(F)cc3)cc2)C1. The van der Waals surface area contributed by atoms with Crippen molar-refractivity contribution in [3.05, 3.63) is 59.9 Å². The summed E-state index contributed by atoms with van der Waals surface area (Å²) in [6.45, 7) is 0.918. The third kappa shape index (κ3) is 3.26. The van der Waals surface area contributed by atoms with Crippen LogP contribution in [0.1, 0.15) is 12.0 Å². The zero-order valence-electron chi connectivity index (χ0n) is 12.0. The fourth-order valence-corrected chi connectivity index (χ4v) is 2.45. The second-order valence-electron chi connectivity index (χ2n) is 5.38. The number of benzene rings is 2. The monoisotopic (exact) mass is 300 g/mol. The molecule has 2 aromatic rings. The molecule has 0 radical (unpaired) electrons. The maximum Gasteiger partial charge on any atom is 0.228 e. The molecule has 0 bridgehead atoms. The van der Waals surface area contributed by atoms with Crippen molar-refractivity contribution in [2.24, 2.45) is 5.73 Å². The molecule has 1 aliphatic rings. The molecule has 4 nitrogen and oxygen atoms in total. The van der Waals surface area contributed by atoms with Crippen LogP contribution in [0.4, 0.5) is 10.1 Å². The Balaban J connectivity index is 1.62. The lowest BCUT2D eigenvalue weighted by atomic mass is 10.2. The molecule has 114 valence electrons. The van der Waals surface area contributed by atoms with Crippen molar-refractivity contribution in [2.75, 3.05) is 11.4 Å². The number of carbonyl (C=O) groups excluding carboxylic acids is 1. The maximum atomic E-state index is 12.8. The minimum absolute atomic E-state index is 0.0486. The standard InChI is InChI=1S/C17H17FN2O2/c18-13-3-1-12(2-4-13)11-22-16-7-5-15(6-8-16)20-10-14(19)9-17(20)21/h1-8,14H,9-11,19H2. The topological polar surface area (TPSA) is 55.6 Å². The highest BCUT2D eigenvalue weighted by Gasteiger charge is 2.27. The minimum atomic E-state index is -0.262. The van der Waals surface area contributed by atoms with Gasteiger partial charge in [-0.3, -0.25) is 4.79 Å². The van der Waals surface area contributed by atoms with Crippen LogP contribution in [0.2, 0.25) is 0 Å². The van der Waals surface area contributed by atoms with Crippen LogP contribution >= 0.6 is 0 Å². The van der Waals surface area contributed by atoms with Gasteiger partial charge in [-0.05, 0) is 42.0 Å². The van der Waals surface area contributed by atoms with Crippen molar-refractivity contribution < 1.29 is 13.9 Å². The first kappa shape index (κ1) is 14.5. The molecule has 0 aliphatic carbocycles. The van der Waals surface area contributed by atoms with Gasteiger partial charge in [0.15, 0.2) is 0 Å². The van der Waals surface area contributed by atoms with E-state index in [-0.39, 0.29) is 17.8 Å². The molecule has 1 saturated heterocycles. The lowest BCUT2D eigenvalue weighted by molar-refractivity contribution is -0.117. The zero-order chi connectivity index (χ0) is 15.5. The lowest BCUT2D eigenvalue weighted by Gasteiger charge is -2.16. The molecule has 1 amide bonds. The number of ether oxygens (including phenoxy) is 1. The van der Waals surface area contributed by atoms with Crippen molar-refractivity contribution in [1.29, 1.82) is 0 Å². The zero-order valence-corrected chi connectivity index (χ0v) is 12.0. The molecule has 2 N–H and O–H groups in total. The molecule has 1 heterocycles. The second-order valence-corrected chi connectivity index (χ2v) is 5.38. The van der Waals surface area contributed by atoms with Crippen LogP contribution < -0.4 is 15.4 Å². The van der Waals surface area contributed by atoms with Gasteiger partial charge in [-0.25, -0.2) is 4.39 Å². The second kappa shape index (κ2) is 6.15. The Morgan fingerprint density at radius 1 is 1.14 bits per heavy atom. The summed E-state index contributed by atoms with van der Waals surface area (Å²) in [6.07, 6.45) is 0.392. The number of amides is 1. The first-order valence-electron chi connectivity index (χ1n) is 7.15. The number of hydrogen-bond acceptors (Lipinski definition) is 3. The van der Waals surface area contributed by atoms with Gasteiger partial charge in [0, 0.05) is 24.7 Å². The largest absolute Gasteiger partial charge is 0.489 e. The molecule has 1 atom stereocenters. The van der Waals surface area contributed by atoms with Crippen LogP contribution in [0.3, 0.4) is 0 Å². The molecule has 1 aliphatic heterocycles. The molecular weight excluding hydrogens is 283 g/mol. The summed E-state index contributed by atoms with van der Waals surface area (Å²) >= 11 is 0. The fourth-order valence-electron chi connectivity index (χ4n) is 2.45. The smallest absolute Gasteiger partial charge is 0.228 e. The summed E-state index contributed by atoms with van der Waals surface area (Å²) in [7, 11) is 0. The number of nitrogens with zero attached hydrogens (tertiary/aromatic N) is 1. The summed E-state index contributed by atoms with van der Waals surface area (Å²) in [5.74, 6) is 0.484. The molecule has 3 rings (SSSR count). The van der Waals surface area contributed by atoms with E-state index in [9.17, 15) is 9.18 Å². The first-order valence-corrected chi connectivity index (χ1v) is 7.15. The first-order chi connectivity index (χ1) is 10.6. The summed E-state index contributed by atoms with van der Waals surface area (Å²) < 4.78 is 18.5. The van der Waals surface area contributed by atoms with Gasteiger partial charge in [0.1, 0.15) is 18.2 Å². The molecule has 0 spiro atoms. The molecule has 2 aromatic carbocycles. The quantitative estimate of drug-likeness (QED) is 0.943. The fraction of sp³-hybridized carbons (Fsp3) is 0.235. The Morgan fingerprint density at radius 3 is 2.41 bits per heavy atom. The third-order valence-corrected chi connectivity index (χ3v) is 3.62. The number of rotatable bonds is 4. The molecule has 0 saturated carbocycles. The van der Waals surface area contributed by atoms with Gasteiger partial charge >= 0.3 is 0 Å². The van der Waals surface area contributed by atoms with Crippen LogP contribution in [0.15, 0.2) is 48.5 Å². The molecule has 1 fully saturated rings. The number of anilines is 1. The normalized spacial score (nSPS) is 17.8. The maximum absolute atomic E-state index is 12.8. The predicted molar refractivity (Wildman–Crippen MR) is 82.1 cm³/mol. The third-order valence-electron chi connectivity index (χ3n) is 3.62. The molecule has 22 heavy (non-hydrogen) atoms.